The lowest BCUT2D eigenvalue weighted by atomic mass is 9.79. The molecular weight excluding hydrogens is 242 g/mol. The summed E-state index contributed by atoms with van der Waals surface area (Å²) in [6.07, 6.45) is 6.00. The second kappa shape index (κ2) is 6.03. The van der Waals surface area contributed by atoms with Crippen molar-refractivity contribution in [3.05, 3.63) is 36.5 Å². The van der Waals surface area contributed by atoms with Gasteiger partial charge in [-0.15, -0.1) is 0 Å². The van der Waals surface area contributed by atoms with E-state index >= 15 is 0 Å². The van der Waals surface area contributed by atoms with E-state index < -0.39 is 0 Å². The Morgan fingerprint density at radius 2 is 1.55 bits per heavy atom. The first-order valence-corrected chi connectivity index (χ1v) is 8.05. The molecule has 1 aromatic carbocycles. The summed E-state index contributed by atoms with van der Waals surface area (Å²) in [6, 6.07) is 11.0. The number of hydrogen-bond acceptors (Lipinski definition) is 0. The molecule has 2 aromatic rings. The van der Waals surface area contributed by atoms with E-state index in [9.17, 15) is 0 Å². The fourth-order valence-electron chi connectivity index (χ4n) is 3.76. The van der Waals surface area contributed by atoms with Crippen LogP contribution in [0.1, 0.15) is 53.9 Å². The molecule has 0 aliphatic carbocycles. The van der Waals surface area contributed by atoms with Gasteiger partial charge >= 0.3 is 0 Å². The second-order valence-electron chi connectivity index (χ2n) is 7.02. The average molecular weight is 271 g/mol. The molecule has 0 fully saturated rings. The molecule has 1 aromatic heterocycles. The van der Waals surface area contributed by atoms with E-state index in [-0.39, 0.29) is 5.54 Å². The molecule has 2 rings (SSSR count). The maximum atomic E-state index is 2.56. The maximum absolute atomic E-state index is 2.56. The van der Waals surface area contributed by atoms with Gasteiger partial charge < -0.3 is 4.57 Å². The lowest BCUT2D eigenvalue weighted by Crippen LogP contribution is -2.35. The Morgan fingerprint density at radius 1 is 0.950 bits per heavy atom. The Morgan fingerprint density at radius 3 is 2.10 bits per heavy atom. The summed E-state index contributed by atoms with van der Waals surface area (Å²) in [6.45, 7) is 11.7. The number of hydrogen-bond donors (Lipinski definition) is 0. The van der Waals surface area contributed by atoms with Gasteiger partial charge in [-0.3, -0.25) is 0 Å². The highest BCUT2D eigenvalue weighted by Crippen LogP contribution is 2.38. The average Bonchev–Trinajstić information content (AvgIpc) is 2.81. The normalized spacial score (nSPS) is 12.8. The molecule has 0 atom stereocenters. The van der Waals surface area contributed by atoms with Crippen molar-refractivity contribution in [2.45, 2.75) is 59.4 Å². The fourth-order valence-corrected chi connectivity index (χ4v) is 3.76. The van der Waals surface area contributed by atoms with Crippen LogP contribution in [-0.4, -0.2) is 4.57 Å². The van der Waals surface area contributed by atoms with Gasteiger partial charge in [-0.1, -0.05) is 52.8 Å². The van der Waals surface area contributed by atoms with Crippen LogP contribution in [-0.2, 0) is 5.54 Å². The first-order chi connectivity index (χ1) is 9.48. The van der Waals surface area contributed by atoms with E-state index in [0.717, 1.165) is 11.8 Å². The van der Waals surface area contributed by atoms with Gasteiger partial charge in [0.2, 0.25) is 0 Å². The zero-order valence-corrected chi connectivity index (χ0v) is 13.7. The van der Waals surface area contributed by atoms with Crippen molar-refractivity contribution in [1.82, 2.24) is 4.57 Å². The minimum atomic E-state index is 0.255. The Bertz CT molecular complexity index is 538. The van der Waals surface area contributed by atoms with Gasteiger partial charge in [0.05, 0.1) is 0 Å². The molecule has 110 valence electrons. The third-order valence-corrected chi connectivity index (χ3v) is 4.35. The third kappa shape index (κ3) is 2.92. The number of aromatic nitrogens is 1. The van der Waals surface area contributed by atoms with Crippen LogP contribution in [0.3, 0.4) is 0 Å². The van der Waals surface area contributed by atoms with E-state index in [0.29, 0.717) is 0 Å². The van der Waals surface area contributed by atoms with Gasteiger partial charge in [0.15, 0.2) is 0 Å². The smallest absolute Gasteiger partial charge is 0.0485 e. The third-order valence-electron chi connectivity index (χ3n) is 4.35. The molecule has 20 heavy (non-hydrogen) atoms. The van der Waals surface area contributed by atoms with Crippen molar-refractivity contribution < 1.29 is 0 Å². The number of benzene rings is 1. The maximum Gasteiger partial charge on any atom is 0.0485 e. The molecule has 1 heteroatoms. The van der Waals surface area contributed by atoms with Crippen molar-refractivity contribution in [2.24, 2.45) is 11.8 Å². The molecule has 0 saturated heterocycles. The largest absolute Gasteiger partial charge is 0.341 e. The first kappa shape index (κ1) is 15.2. The van der Waals surface area contributed by atoms with E-state index in [2.05, 4.69) is 75.7 Å². The summed E-state index contributed by atoms with van der Waals surface area (Å²) < 4.78 is 2.56. The van der Waals surface area contributed by atoms with Crippen LogP contribution >= 0.6 is 0 Å². The van der Waals surface area contributed by atoms with Gasteiger partial charge in [-0.25, -0.2) is 0 Å². The molecule has 1 heterocycles. The lowest BCUT2D eigenvalue weighted by Gasteiger charge is -2.39. The lowest BCUT2D eigenvalue weighted by molar-refractivity contribution is 0.183. The zero-order chi connectivity index (χ0) is 14.8. The number of rotatable bonds is 6. The molecule has 0 amide bonds. The standard InChI is InChI=1S/C19H29N/c1-6-19(13-15(2)3,14-16(4)5)20-12-11-17-9-7-8-10-18(17)20/h7-12,15-16H,6,13-14H2,1-5H3. The molecule has 0 unspecified atom stereocenters. The summed E-state index contributed by atoms with van der Waals surface area (Å²) >= 11 is 0. The summed E-state index contributed by atoms with van der Waals surface area (Å²) in [7, 11) is 0. The van der Waals surface area contributed by atoms with E-state index in [1.54, 1.807) is 0 Å². The summed E-state index contributed by atoms with van der Waals surface area (Å²) in [5.41, 5.74) is 1.64. The predicted octanol–water partition coefficient (Wildman–Crippen LogP) is 5.84. The van der Waals surface area contributed by atoms with Crippen molar-refractivity contribution in [3.63, 3.8) is 0 Å². The fraction of sp³-hybridized carbons (Fsp3) is 0.579. The van der Waals surface area contributed by atoms with Gasteiger partial charge in [0.25, 0.3) is 0 Å². The van der Waals surface area contributed by atoms with Crippen LogP contribution in [0.25, 0.3) is 10.9 Å². The van der Waals surface area contributed by atoms with Crippen molar-refractivity contribution in [1.29, 1.82) is 0 Å². The van der Waals surface area contributed by atoms with Crippen LogP contribution in [0.4, 0.5) is 0 Å². The van der Waals surface area contributed by atoms with Gasteiger partial charge in [-0.05, 0) is 48.6 Å². The quantitative estimate of drug-likeness (QED) is 0.622. The predicted molar refractivity (Wildman–Crippen MR) is 89.1 cm³/mol. The Labute approximate surface area is 124 Å². The number of para-hydroxylation sites is 1. The van der Waals surface area contributed by atoms with E-state index in [1.807, 2.05) is 0 Å². The summed E-state index contributed by atoms with van der Waals surface area (Å²) in [4.78, 5) is 0. The molecule has 1 nitrogen and oxygen atoms in total. The molecule has 0 spiro atoms. The molecule has 0 aliphatic rings. The topological polar surface area (TPSA) is 4.93 Å². The molecule has 0 saturated carbocycles. The summed E-state index contributed by atoms with van der Waals surface area (Å²) in [5, 5.41) is 1.36. The molecular formula is C19H29N. The Kier molecular flexibility index (Phi) is 4.57. The minimum Gasteiger partial charge on any atom is -0.341 e. The SMILES string of the molecule is CCC(CC(C)C)(CC(C)C)n1ccc2ccccc21. The van der Waals surface area contributed by atoms with Crippen LogP contribution in [0.15, 0.2) is 36.5 Å². The zero-order valence-electron chi connectivity index (χ0n) is 13.7. The van der Waals surface area contributed by atoms with Crippen LogP contribution in [0.2, 0.25) is 0 Å². The van der Waals surface area contributed by atoms with E-state index in [1.165, 1.54) is 30.2 Å². The minimum absolute atomic E-state index is 0.255. The Hall–Kier alpha value is -1.24. The monoisotopic (exact) mass is 271 g/mol. The van der Waals surface area contributed by atoms with Crippen LogP contribution in [0, 0.1) is 11.8 Å². The highest BCUT2D eigenvalue weighted by atomic mass is 15.1. The Balaban J connectivity index is 2.54. The first-order valence-electron chi connectivity index (χ1n) is 8.05. The highest BCUT2D eigenvalue weighted by Gasteiger charge is 2.32. The van der Waals surface area contributed by atoms with Crippen molar-refractivity contribution >= 4 is 10.9 Å². The van der Waals surface area contributed by atoms with Crippen LogP contribution < -0.4 is 0 Å². The molecule has 0 bridgehead atoms. The van der Waals surface area contributed by atoms with Crippen molar-refractivity contribution in [2.75, 3.05) is 0 Å². The van der Waals surface area contributed by atoms with Gasteiger partial charge in [-0.2, -0.15) is 0 Å². The molecule has 0 N–H and O–H groups in total. The molecule has 0 aliphatic heterocycles. The van der Waals surface area contributed by atoms with E-state index in [4.69, 9.17) is 0 Å². The van der Waals surface area contributed by atoms with Crippen LogP contribution in [0.5, 0.6) is 0 Å². The van der Waals surface area contributed by atoms with Gasteiger partial charge in [0.1, 0.15) is 0 Å². The van der Waals surface area contributed by atoms with Crippen molar-refractivity contribution in [3.8, 4) is 0 Å². The number of nitrogens with zero attached hydrogens (tertiary/aromatic N) is 1. The number of fused-ring (bicyclic) bond motifs is 1. The summed E-state index contributed by atoms with van der Waals surface area (Å²) in [5.74, 6) is 1.43. The highest BCUT2D eigenvalue weighted by molar-refractivity contribution is 5.80. The molecule has 0 radical (unpaired) electrons. The second-order valence-corrected chi connectivity index (χ2v) is 7.02. The van der Waals surface area contributed by atoms with Gasteiger partial charge in [0, 0.05) is 17.3 Å².